The molecule has 3 rings (SSSR count). The van der Waals surface area contributed by atoms with Crippen molar-refractivity contribution >= 4 is 17.9 Å². The van der Waals surface area contributed by atoms with E-state index < -0.39 is 0 Å². The molecule has 3 aromatic rings. The van der Waals surface area contributed by atoms with Gasteiger partial charge in [-0.3, -0.25) is 4.79 Å². The molecule has 0 N–H and O–H groups in total. The first-order valence-electron chi connectivity index (χ1n) is 7.63. The molecule has 0 amide bonds. The maximum absolute atomic E-state index is 12.4. The van der Waals surface area contributed by atoms with Crippen LogP contribution in [-0.4, -0.2) is 5.78 Å². The lowest BCUT2D eigenvalue weighted by Crippen LogP contribution is -2.40. The Balaban J connectivity index is 1.81. The van der Waals surface area contributed by atoms with Crippen molar-refractivity contribution in [2.75, 3.05) is 0 Å². The number of carbonyl (C=O) groups is 1. The third kappa shape index (κ3) is 4.01. The van der Waals surface area contributed by atoms with Gasteiger partial charge in [0.05, 0.1) is 0 Å². The summed E-state index contributed by atoms with van der Waals surface area (Å²) in [7, 11) is 0. The van der Waals surface area contributed by atoms with Gasteiger partial charge in [-0.05, 0) is 17.7 Å². The summed E-state index contributed by atoms with van der Waals surface area (Å²) in [5, 5.41) is 0. The summed E-state index contributed by atoms with van der Waals surface area (Å²) in [5.41, 5.74) is 2.87. The number of aromatic nitrogens is 1. The summed E-state index contributed by atoms with van der Waals surface area (Å²) in [5.74, 6) is 0.108. The standard InChI is InChI=1S/C21H18NO/c23-21(19-11-5-2-6-12-19)17-22-16-8-7-13-20(22)15-14-18-9-3-1-4-10-18/h1-16H,17H2/q+1/b15-14+. The zero-order valence-electron chi connectivity index (χ0n) is 12.8. The first kappa shape index (κ1) is 14.9. The van der Waals surface area contributed by atoms with E-state index >= 15 is 0 Å². The van der Waals surface area contributed by atoms with Gasteiger partial charge in [-0.2, -0.15) is 4.57 Å². The maximum atomic E-state index is 12.4. The van der Waals surface area contributed by atoms with Crippen molar-refractivity contribution in [3.63, 3.8) is 0 Å². The van der Waals surface area contributed by atoms with Crippen molar-refractivity contribution in [2.45, 2.75) is 6.54 Å². The number of benzene rings is 2. The van der Waals surface area contributed by atoms with Gasteiger partial charge in [0, 0.05) is 23.8 Å². The lowest BCUT2D eigenvalue weighted by molar-refractivity contribution is -0.684. The van der Waals surface area contributed by atoms with Crippen LogP contribution in [0.3, 0.4) is 0 Å². The van der Waals surface area contributed by atoms with Crippen LogP contribution in [0.15, 0.2) is 85.1 Å². The Hall–Kier alpha value is -3.00. The molecule has 1 aromatic heterocycles. The predicted octanol–water partition coefficient (Wildman–Crippen LogP) is 4.03. The van der Waals surface area contributed by atoms with Crippen molar-refractivity contribution in [1.29, 1.82) is 0 Å². The van der Waals surface area contributed by atoms with Crippen LogP contribution in [0.4, 0.5) is 0 Å². The first-order chi connectivity index (χ1) is 11.3. The van der Waals surface area contributed by atoms with Gasteiger partial charge in [0.25, 0.3) is 0 Å². The monoisotopic (exact) mass is 300 g/mol. The van der Waals surface area contributed by atoms with E-state index in [0.717, 1.165) is 16.8 Å². The third-order valence-electron chi connectivity index (χ3n) is 3.63. The Labute approximate surface area is 136 Å². The number of hydrogen-bond donors (Lipinski definition) is 0. The highest BCUT2D eigenvalue weighted by atomic mass is 16.1. The van der Waals surface area contributed by atoms with Gasteiger partial charge < -0.3 is 0 Å². The van der Waals surface area contributed by atoms with Crippen LogP contribution in [0.1, 0.15) is 21.6 Å². The SMILES string of the molecule is O=C(C[n+]1ccccc1/C=C/c1ccccc1)c1ccccc1. The average Bonchev–Trinajstić information content (AvgIpc) is 2.62. The van der Waals surface area contributed by atoms with Crippen LogP contribution in [0.2, 0.25) is 0 Å². The molecule has 0 atom stereocenters. The fraction of sp³-hybridized carbons (Fsp3) is 0.0476. The molecule has 0 saturated carbocycles. The van der Waals surface area contributed by atoms with Crippen molar-refractivity contribution in [3.05, 3.63) is 102 Å². The normalized spacial score (nSPS) is 10.8. The number of hydrogen-bond acceptors (Lipinski definition) is 1. The molecule has 2 aromatic carbocycles. The predicted molar refractivity (Wildman–Crippen MR) is 92.8 cm³/mol. The molecular formula is C21H18NO+. The molecule has 0 bridgehead atoms. The van der Waals surface area contributed by atoms with Gasteiger partial charge in [-0.15, -0.1) is 0 Å². The van der Waals surface area contributed by atoms with Gasteiger partial charge in [0.15, 0.2) is 6.20 Å². The van der Waals surface area contributed by atoms with Crippen LogP contribution in [0, 0.1) is 0 Å². The van der Waals surface area contributed by atoms with Crippen molar-refractivity contribution in [1.82, 2.24) is 0 Å². The van der Waals surface area contributed by atoms with E-state index in [1.54, 1.807) is 0 Å². The number of ketones is 1. The van der Waals surface area contributed by atoms with E-state index in [4.69, 9.17) is 0 Å². The second-order valence-electron chi connectivity index (χ2n) is 5.29. The Morgan fingerprint density at radius 2 is 1.43 bits per heavy atom. The molecule has 1 heterocycles. The van der Waals surface area contributed by atoms with Crippen LogP contribution in [0.5, 0.6) is 0 Å². The van der Waals surface area contributed by atoms with Gasteiger partial charge >= 0.3 is 0 Å². The molecule has 0 aliphatic heterocycles. The quantitative estimate of drug-likeness (QED) is 0.515. The Morgan fingerprint density at radius 1 is 0.783 bits per heavy atom. The van der Waals surface area contributed by atoms with E-state index in [2.05, 4.69) is 18.2 Å². The summed E-state index contributed by atoms with van der Waals surface area (Å²) in [4.78, 5) is 12.4. The Kier molecular flexibility index (Phi) is 4.75. The van der Waals surface area contributed by atoms with Gasteiger partial charge in [0.1, 0.15) is 0 Å². The minimum Gasteiger partial charge on any atom is -0.287 e. The highest BCUT2D eigenvalue weighted by Crippen LogP contribution is 2.06. The van der Waals surface area contributed by atoms with Gasteiger partial charge in [0.2, 0.25) is 18.0 Å². The minimum absolute atomic E-state index is 0.108. The number of rotatable bonds is 5. The van der Waals surface area contributed by atoms with Crippen LogP contribution >= 0.6 is 0 Å². The van der Waals surface area contributed by atoms with Crippen molar-refractivity contribution < 1.29 is 9.36 Å². The smallest absolute Gasteiger partial charge is 0.227 e. The molecule has 0 spiro atoms. The zero-order valence-corrected chi connectivity index (χ0v) is 12.8. The largest absolute Gasteiger partial charge is 0.287 e. The van der Waals surface area contributed by atoms with Crippen LogP contribution < -0.4 is 4.57 Å². The minimum atomic E-state index is 0.108. The molecule has 2 heteroatoms. The lowest BCUT2D eigenvalue weighted by atomic mass is 10.1. The lowest BCUT2D eigenvalue weighted by Gasteiger charge is -2.01. The number of carbonyl (C=O) groups excluding carboxylic acids is 1. The third-order valence-corrected chi connectivity index (χ3v) is 3.63. The molecule has 0 saturated heterocycles. The summed E-state index contributed by atoms with van der Waals surface area (Å²) in [6.45, 7) is 0.333. The second-order valence-corrected chi connectivity index (χ2v) is 5.29. The molecule has 0 aliphatic rings. The van der Waals surface area contributed by atoms with E-state index in [0.29, 0.717) is 6.54 Å². The van der Waals surface area contributed by atoms with Gasteiger partial charge in [-0.1, -0.05) is 60.7 Å². The van der Waals surface area contributed by atoms with Crippen LogP contribution in [-0.2, 0) is 6.54 Å². The topological polar surface area (TPSA) is 20.9 Å². The number of Topliss-reactive ketones (excluding diaryl/α,β-unsaturated/α-hetero) is 1. The molecule has 0 aliphatic carbocycles. The number of pyridine rings is 1. The molecule has 112 valence electrons. The molecular weight excluding hydrogens is 282 g/mol. The van der Waals surface area contributed by atoms with E-state index in [1.165, 1.54) is 0 Å². The van der Waals surface area contributed by atoms with Gasteiger partial charge in [-0.25, -0.2) is 0 Å². The maximum Gasteiger partial charge on any atom is 0.227 e. The van der Waals surface area contributed by atoms with E-state index in [-0.39, 0.29) is 5.78 Å². The highest BCUT2D eigenvalue weighted by Gasteiger charge is 2.14. The van der Waals surface area contributed by atoms with E-state index in [1.807, 2.05) is 83.6 Å². The molecule has 0 radical (unpaired) electrons. The zero-order chi connectivity index (χ0) is 15.9. The Morgan fingerprint density at radius 3 is 2.17 bits per heavy atom. The highest BCUT2D eigenvalue weighted by molar-refractivity contribution is 5.95. The number of nitrogens with zero attached hydrogens (tertiary/aromatic N) is 1. The summed E-state index contributed by atoms with van der Waals surface area (Å²) in [6.07, 6.45) is 6.03. The van der Waals surface area contributed by atoms with Crippen molar-refractivity contribution in [2.24, 2.45) is 0 Å². The summed E-state index contributed by atoms with van der Waals surface area (Å²) >= 11 is 0. The molecule has 0 fully saturated rings. The van der Waals surface area contributed by atoms with E-state index in [9.17, 15) is 4.79 Å². The molecule has 2 nitrogen and oxygen atoms in total. The fourth-order valence-electron chi connectivity index (χ4n) is 2.40. The second kappa shape index (κ2) is 7.32. The fourth-order valence-corrected chi connectivity index (χ4v) is 2.40. The summed E-state index contributed by atoms with van der Waals surface area (Å²) < 4.78 is 1.97. The van der Waals surface area contributed by atoms with Crippen LogP contribution in [0.25, 0.3) is 12.2 Å². The first-order valence-corrected chi connectivity index (χ1v) is 7.63. The molecule has 0 unspecified atom stereocenters. The average molecular weight is 300 g/mol. The van der Waals surface area contributed by atoms with Crippen molar-refractivity contribution in [3.8, 4) is 0 Å². The molecule has 23 heavy (non-hydrogen) atoms. The summed E-state index contributed by atoms with van der Waals surface area (Å²) in [6, 6.07) is 25.5. The Bertz CT molecular complexity index is 808.